The second kappa shape index (κ2) is 9.80. The van der Waals surface area contributed by atoms with Gasteiger partial charge in [0.1, 0.15) is 11.9 Å². The van der Waals surface area contributed by atoms with Gasteiger partial charge in [-0.05, 0) is 34.5 Å². The summed E-state index contributed by atoms with van der Waals surface area (Å²) in [5, 5.41) is 12.7. The van der Waals surface area contributed by atoms with Gasteiger partial charge in [0.25, 0.3) is 0 Å². The molecule has 0 saturated carbocycles. The molecule has 1 saturated heterocycles. The van der Waals surface area contributed by atoms with Crippen LogP contribution < -0.4 is 9.80 Å². The number of quaternary nitrogens is 1. The smallest absolute Gasteiger partial charge is 0.209 e. The van der Waals surface area contributed by atoms with E-state index in [1.807, 2.05) is 35.0 Å². The van der Waals surface area contributed by atoms with Gasteiger partial charge in [0, 0.05) is 6.42 Å². The number of nitrogens with zero attached hydrogens (tertiary/aromatic N) is 5. The predicted octanol–water partition coefficient (Wildman–Crippen LogP) is 2.50. The zero-order valence-corrected chi connectivity index (χ0v) is 17.5. The molecule has 1 aliphatic rings. The Labute approximate surface area is 177 Å². The van der Waals surface area contributed by atoms with Crippen molar-refractivity contribution in [2.24, 2.45) is 0 Å². The Morgan fingerprint density at radius 3 is 2.50 bits per heavy atom. The van der Waals surface area contributed by atoms with Crippen molar-refractivity contribution in [1.82, 2.24) is 20.2 Å². The van der Waals surface area contributed by atoms with Gasteiger partial charge in [-0.3, -0.25) is 0 Å². The number of rotatable bonds is 8. The van der Waals surface area contributed by atoms with E-state index in [4.69, 9.17) is 0 Å². The van der Waals surface area contributed by atoms with Gasteiger partial charge in [-0.15, -0.1) is 5.10 Å². The summed E-state index contributed by atoms with van der Waals surface area (Å²) in [6.45, 7) is 6.45. The molecule has 30 heavy (non-hydrogen) atoms. The van der Waals surface area contributed by atoms with E-state index in [2.05, 4.69) is 39.5 Å². The number of anilines is 1. The summed E-state index contributed by atoms with van der Waals surface area (Å²) < 4.78 is 16.2. The van der Waals surface area contributed by atoms with Gasteiger partial charge in [0.05, 0.1) is 38.4 Å². The summed E-state index contributed by atoms with van der Waals surface area (Å²) in [6, 6.07) is 17.6. The van der Waals surface area contributed by atoms with Gasteiger partial charge < -0.3 is 9.80 Å². The largest absolute Gasteiger partial charge is 0.358 e. The van der Waals surface area contributed by atoms with Crippen molar-refractivity contribution in [3.05, 3.63) is 71.8 Å². The molecule has 158 valence electrons. The summed E-state index contributed by atoms with van der Waals surface area (Å²) in [5.41, 5.74) is 1.90. The van der Waals surface area contributed by atoms with Crippen LogP contribution in [0.1, 0.15) is 43.6 Å². The summed E-state index contributed by atoms with van der Waals surface area (Å²) >= 11 is 0. The van der Waals surface area contributed by atoms with Crippen LogP contribution in [0, 0.1) is 5.82 Å². The lowest BCUT2D eigenvalue weighted by atomic mass is 10.1. The third-order valence-corrected chi connectivity index (χ3v) is 5.98. The zero-order chi connectivity index (χ0) is 20.8. The zero-order valence-electron chi connectivity index (χ0n) is 17.5. The Hall–Kier alpha value is -2.80. The van der Waals surface area contributed by atoms with Crippen molar-refractivity contribution >= 4 is 5.69 Å². The maximum absolute atomic E-state index is 14.2. The van der Waals surface area contributed by atoms with Gasteiger partial charge in [-0.1, -0.05) is 55.8 Å². The Kier molecular flexibility index (Phi) is 6.69. The molecule has 0 spiro atoms. The average molecular weight is 410 g/mol. The first-order chi connectivity index (χ1) is 14.8. The van der Waals surface area contributed by atoms with Gasteiger partial charge in [-0.2, -0.15) is 0 Å². The first kappa shape index (κ1) is 20.5. The molecule has 7 heteroatoms. The number of benzene rings is 2. The third-order valence-electron chi connectivity index (χ3n) is 5.98. The topological polar surface area (TPSA) is 51.3 Å². The molecule has 4 rings (SSSR count). The van der Waals surface area contributed by atoms with Crippen LogP contribution in [-0.2, 0) is 6.54 Å². The van der Waals surface area contributed by atoms with Crippen LogP contribution in [0.15, 0.2) is 54.6 Å². The molecule has 0 bridgehead atoms. The highest BCUT2D eigenvalue weighted by atomic mass is 19.1. The van der Waals surface area contributed by atoms with E-state index in [1.165, 1.54) is 16.5 Å². The molecule has 1 aliphatic heterocycles. The monoisotopic (exact) mass is 409 g/mol. The molecule has 0 radical (unpaired) electrons. The lowest BCUT2D eigenvalue weighted by Gasteiger charge is -2.37. The van der Waals surface area contributed by atoms with Crippen molar-refractivity contribution in [3.63, 3.8) is 0 Å². The maximum Gasteiger partial charge on any atom is 0.209 e. The molecule has 6 nitrogen and oxygen atoms in total. The molecule has 1 fully saturated rings. The number of tetrazole rings is 1. The van der Waals surface area contributed by atoms with Crippen LogP contribution >= 0.6 is 0 Å². The lowest BCUT2D eigenvalue weighted by molar-refractivity contribution is -0.933. The first-order valence-electron chi connectivity index (χ1n) is 10.9. The van der Waals surface area contributed by atoms with Gasteiger partial charge in [-0.25, -0.2) is 9.07 Å². The number of nitrogens with one attached hydrogen (secondary N) is 1. The Morgan fingerprint density at radius 2 is 1.77 bits per heavy atom. The fraction of sp³-hybridized carbons (Fsp3) is 0.435. The Morgan fingerprint density at radius 1 is 1.03 bits per heavy atom. The number of piperazine rings is 1. The van der Waals surface area contributed by atoms with Crippen molar-refractivity contribution in [2.45, 2.75) is 38.8 Å². The van der Waals surface area contributed by atoms with E-state index in [9.17, 15) is 4.39 Å². The number of hydrogen-bond acceptors (Lipinski definition) is 4. The van der Waals surface area contributed by atoms with E-state index in [1.54, 1.807) is 6.07 Å². The molecule has 0 unspecified atom stereocenters. The summed E-state index contributed by atoms with van der Waals surface area (Å²) in [4.78, 5) is 3.64. The van der Waals surface area contributed by atoms with Gasteiger partial charge in [0.2, 0.25) is 5.82 Å². The van der Waals surface area contributed by atoms with Crippen molar-refractivity contribution in [2.75, 3.05) is 31.1 Å². The van der Waals surface area contributed by atoms with Crippen LogP contribution in [-0.4, -0.2) is 46.4 Å². The molecule has 2 aromatic carbocycles. The van der Waals surface area contributed by atoms with Crippen molar-refractivity contribution < 1.29 is 9.29 Å². The van der Waals surface area contributed by atoms with E-state index < -0.39 is 0 Å². The number of unbranched alkanes of at least 4 members (excludes halogenated alkanes) is 1. The second-order valence-electron chi connectivity index (χ2n) is 7.97. The quantitative estimate of drug-likeness (QED) is 0.621. The van der Waals surface area contributed by atoms with E-state index in [-0.39, 0.29) is 11.9 Å². The highest BCUT2D eigenvalue weighted by Crippen LogP contribution is 2.20. The van der Waals surface area contributed by atoms with Gasteiger partial charge in [0.15, 0.2) is 0 Å². The number of halogens is 1. The Balaban J connectivity index is 1.49. The highest BCUT2D eigenvalue weighted by molar-refractivity contribution is 5.47. The van der Waals surface area contributed by atoms with Crippen LogP contribution in [0.25, 0.3) is 0 Å². The number of aromatic nitrogens is 4. The number of para-hydroxylation sites is 1. The van der Waals surface area contributed by atoms with Crippen LogP contribution in [0.4, 0.5) is 10.1 Å². The minimum absolute atomic E-state index is 0.143. The Bertz CT molecular complexity index is 920. The highest BCUT2D eigenvalue weighted by Gasteiger charge is 2.32. The minimum atomic E-state index is -0.143. The molecule has 1 aromatic heterocycles. The van der Waals surface area contributed by atoms with E-state index in [0.717, 1.165) is 51.3 Å². The molecule has 1 N–H and O–H groups in total. The van der Waals surface area contributed by atoms with E-state index >= 15 is 0 Å². The summed E-state index contributed by atoms with van der Waals surface area (Å²) in [7, 11) is 0. The normalized spacial score (nSPS) is 16.0. The van der Waals surface area contributed by atoms with Crippen molar-refractivity contribution in [1.29, 1.82) is 0 Å². The molecule has 0 amide bonds. The lowest BCUT2D eigenvalue weighted by Crippen LogP contribution is -3.15. The maximum atomic E-state index is 14.2. The van der Waals surface area contributed by atoms with Gasteiger partial charge >= 0.3 is 0 Å². The van der Waals surface area contributed by atoms with Crippen LogP contribution in [0.2, 0.25) is 0 Å². The number of hydrogen-bond donors (Lipinski definition) is 1. The average Bonchev–Trinajstić information content (AvgIpc) is 3.23. The molecule has 2 heterocycles. The standard InChI is InChI=1S/C23H29FN6/c1-2-3-12-22(23-25-26-27-30(23)18-19-9-5-4-6-10-19)29-16-14-28(15-17-29)21-13-8-7-11-20(21)24/h4-11,13,22H,2-3,12,14-18H2,1H3/p+1/t22-/m1/s1. The van der Waals surface area contributed by atoms with Crippen LogP contribution in [0.3, 0.4) is 0 Å². The van der Waals surface area contributed by atoms with E-state index in [0.29, 0.717) is 12.2 Å². The summed E-state index contributed by atoms with van der Waals surface area (Å²) in [6.07, 6.45) is 3.34. The molecule has 3 aromatic rings. The fourth-order valence-electron chi connectivity index (χ4n) is 4.35. The minimum Gasteiger partial charge on any atom is -0.358 e. The summed E-state index contributed by atoms with van der Waals surface area (Å²) in [5.74, 6) is 0.817. The molecular weight excluding hydrogens is 379 g/mol. The molecular formula is C23H30FN6+. The second-order valence-corrected chi connectivity index (χ2v) is 7.97. The SMILES string of the molecule is CCCC[C@H](c1nnnn1Cc1ccccc1)[NH+]1CCN(c2ccccc2F)CC1. The van der Waals surface area contributed by atoms with Crippen LogP contribution in [0.5, 0.6) is 0 Å². The fourth-order valence-corrected chi connectivity index (χ4v) is 4.35. The first-order valence-corrected chi connectivity index (χ1v) is 10.9. The predicted molar refractivity (Wildman–Crippen MR) is 115 cm³/mol. The third kappa shape index (κ3) is 4.67. The molecule has 1 atom stereocenters. The van der Waals surface area contributed by atoms with Crippen molar-refractivity contribution in [3.8, 4) is 0 Å². The molecule has 0 aliphatic carbocycles.